The molecule has 3 aromatic rings. The summed E-state index contributed by atoms with van der Waals surface area (Å²) in [7, 11) is 3.57. The zero-order valence-electron chi connectivity index (χ0n) is 18.1. The number of carbonyl (C=O) groups is 1. The lowest BCUT2D eigenvalue weighted by Gasteiger charge is -2.27. The van der Waals surface area contributed by atoms with E-state index in [0.717, 1.165) is 55.2 Å². The number of thiazole rings is 1. The van der Waals surface area contributed by atoms with Crippen LogP contribution in [0.1, 0.15) is 30.3 Å². The molecule has 3 heterocycles. The van der Waals surface area contributed by atoms with E-state index in [2.05, 4.69) is 27.2 Å². The summed E-state index contributed by atoms with van der Waals surface area (Å²) in [5, 5.41) is 8.79. The lowest BCUT2D eigenvalue weighted by atomic mass is 10.0. The minimum absolute atomic E-state index is 0.0890. The number of methoxy groups -OCH3 is 1. The van der Waals surface area contributed by atoms with Gasteiger partial charge in [-0.3, -0.25) is 9.48 Å². The Morgan fingerprint density at radius 1 is 1.31 bits per heavy atom. The number of halogens is 2. The zero-order chi connectivity index (χ0) is 22.8. The van der Waals surface area contributed by atoms with Gasteiger partial charge in [0.15, 0.2) is 5.82 Å². The number of rotatable bonds is 5. The van der Waals surface area contributed by atoms with E-state index in [-0.39, 0.29) is 22.4 Å². The lowest BCUT2D eigenvalue weighted by molar-refractivity contribution is 0.0586. The maximum Gasteiger partial charge on any atom is 0.275 e. The second-order valence-electron chi connectivity index (χ2n) is 7.93. The predicted octanol–water partition coefficient (Wildman–Crippen LogP) is 4.33. The SMILES string of the molecule is COC1CCCN(c2c(NC(=O)c3csc(-c4c(F)cccc4F)n3)cnn2C)CC1C. The summed E-state index contributed by atoms with van der Waals surface area (Å²) < 4.78 is 35.5. The van der Waals surface area contributed by atoms with Crippen molar-refractivity contribution in [1.29, 1.82) is 0 Å². The monoisotopic (exact) mass is 461 g/mol. The molecule has 0 aliphatic carbocycles. The molecule has 1 aliphatic rings. The molecule has 1 amide bonds. The molecule has 10 heteroatoms. The first-order valence-electron chi connectivity index (χ1n) is 10.4. The average Bonchev–Trinajstić information content (AvgIpc) is 3.32. The number of amides is 1. The van der Waals surface area contributed by atoms with E-state index in [1.165, 1.54) is 11.4 Å². The third-order valence-electron chi connectivity index (χ3n) is 5.73. The molecule has 1 aromatic carbocycles. The van der Waals surface area contributed by atoms with Gasteiger partial charge in [-0.2, -0.15) is 5.10 Å². The highest BCUT2D eigenvalue weighted by molar-refractivity contribution is 7.13. The maximum absolute atomic E-state index is 14.1. The molecule has 0 saturated carbocycles. The van der Waals surface area contributed by atoms with E-state index >= 15 is 0 Å². The van der Waals surface area contributed by atoms with E-state index in [0.29, 0.717) is 11.6 Å². The van der Waals surface area contributed by atoms with Crippen LogP contribution in [0.2, 0.25) is 0 Å². The van der Waals surface area contributed by atoms with Crippen LogP contribution in [0.25, 0.3) is 10.6 Å². The fourth-order valence-electron chi connectivity index (χ4n) is 4.14. The largest absolute Gasteiger partial charge is 0.381 e. The number of benzene rings is 1. The van der Waals surface area contributed by atoms with Gasteiger partial charge in [0, 0.05) is 32.6 Å². The molecule has 170 valence electrons. The topological polar surface area (TPSA) is 72.3 Å². The minimum atomic E-state index is -0.717. The van der Waals surface area contributed by atoms with Crippen LogP contribution < -0.4 is 10.2 Å². The van der Waals surface area contributed by atoms with Crippen LogP contribution in [-0.2, 0) is 11.8 Å². The predicted molar refractivity (Wildman–Crippen MR) is 120 cm³/mol. The zero-order valence-corrected chi connectivity index (χ0v) is 19.0. The molecule has 1 fully saturated rings. The molecule has 1 N–H and O–H groups in total. The molecular formula is C22H25F2N5O2S. The highest BCUT2D eigenvalue weighted by Gasteiger charge is 2.27. The van der Waals surface area contributed by atoms with Crippen LogP contribution in [-0.4, -0.2) is 47.0 Å². The second kappa shape index (κ2) is 9.33. The van der Waals surface area contributed by atoms with Crippen molar-refractivity contribution in [3.63, 3.8) is 0 Å². The van der Waals surface area contributed by atoms with Crippen molar-refractivity contribution >= 4 is 28.7 Å². The first-order valence-corrected chi connectivity index (χ1v) is 11.3. The normalized spacial score (nSPS) is 19.1. The van der Waals surface area contributed by atoms with Crippen LogP contribution >= 0.6 is 11.3 Å². The van der Waals surface area contributed by atoms with Crippen LogP contribution in [0.5, 0.6) is 0 Å². The van der Waals surface area contributed by atoms with Gasteiger partial charge < -0.3 is 15.0 Å². The summed E-state index contributed by atoms with van der Waals surface area (Å²) in [6.07, 6.45) is 3.73. The molecule has 32 heavy (non-hydrogen) atoms. The molecule has 0 bridgehead atoms. The van der Waals surface area contributed by atoms with E-state index < -0.39 is 17.5 Å². The molecule has 0 spiro atoms. The lowest BCUT2D eigenvalue weighted by Crippen LogP contribution is -2.33. The third-order valence-corrected chi connectivity index (χ3v) is 6.59. The smallest absolute Gasteiger partial charge is 0.275 e. The minimum Gasteiger partial charge on any atom is -0.381 e. The number of nitrogens with zero attached hydrogens (tertiary/aromatic N) is 4. The van der Waals surface area contributed by atoms with E-state index in [4.69, 9.17) is 4.74 Å². The molecule has 1 aliphatic heterocycles. The Morgan fingerprint density at radius 3 is 2.78 bits per heavy atom. The molecule has 2 atom stereocenters. The van der Waals surface area contributed by atoms with Crippen molar-refractivity contribution in [1.82, 2.24) is 14.8 Å². The van der Waals surface area contributed by atoms with Gasteiger partial charge >= 0.3 is 0 Å². The van der Waals surface area contributed by atoms with Crippen molar-refractivity contribution in [3.05, 3.63) is 47.1 Å². The molecule has 1 saturated heterocycles. The number of carbonyl (C=O) groups excluding carboxylic acids is 1. The Hall–Kier alpha value is -2.85. The van der Waals surface area contributed by atoms with Crippen LogP contribution in [0, 0.1) is 17.6 Å². The van der Waals surface area contributed by atoms with Crippen molar-refractivity contribution in [2.75, 3.05) is 30.4 Å². The van der Waals surface area contributed by atoms with Gasteiger partial charge in [-0.1, -0.05) is 13.0 Å². The van der Waals surface area contributed by atoms with Crippen molar-refractivity contribution in [2.24, 2.45) is 13.0 Å². The molecule has 7 nitrogen and oxygen atoms in total. The summed E-state index contributed by atoms with van der Waals surface area (Å²) in [5.74, 6) is -0.776. The van der Waals surface area contributed by atoms with Gasteiger partial charge in [-0.25, -0.2) is 13.8 Å². The Morgan fingerprint density at radius 2 is 2.06 bits per heavy atom. The quantitative estimate of drug-likeness (QED) is 0.613. The third kappa shape index (κ3) is 4.37. The Bertz CT molecular complexity index is 1100. The molecule has 2 aromatic heterocycles. The number of aryl methyl sites for hydroxylation is 1. The number of hydrogen-bond donors (Lipinski definition) is 1. The van der Waals surface area contributed by atoms with Gasteiger partial charge in [0.05, 0.1) is 17.9 Å². The van der Waals surface area contributed by atoms with Gasteiger partial charge in [0.2, 0.25) is 0 Å². The van der Waals surface area contributed by atoms with Crippen LogP contribution in [0.3, 0.4) is 0 Å². The number of aromatic nitrogens is 3. The van der Waals surface area contributed by atoms with Crippen molar-refractivity contribution in [3.8, 4) is 10.6 Å². The highest BCUT2D eigenvalue weighted by atomic mass is 32.1. The Balaban J connectivity index is 1.55. The van der Waals surface area contributed by atoms with Gasteiger partial charge in [0.25, 0.3) is 5.91 Å². The average molecular weight is 462 g/mol. The summed E-state index contributed by atoms with van der Waals surface area (Å²) in [6.45, 7) is 3.74. The molecular weight excluding hydrogens is 436 g/mol. The second-order valence-corrected chi connectivity index (χ2v) is 8.79. The van der Waals surface area contributed by atoms with E-state index in [1.54, 1.807) is 18.0 Å². The number of ether oxygens (including phenoxy) is 1. The fourth-order valence-corrected chi connectivity index (χ4v) is 4.99. The van der Waals surface area contributed by atoms with E-state index in [9.17, 15) is 13.6 Å². The number of nitrogens with one attached hydrogen (secondary N) is 1. The summed E-state index contributed by atoms with van der Waals surface area (Å²) in [4.78, 5) is 19.2. The van der Waals surface area contributed by atoms with Crippen LogP contribution in [0.15, 0.2) is 29.8 Å². The molecule has 2 unspecified atom stereocenters. The number of hydrogen-bond acceptors (Lipinski definition) is 6. The fraction of sp³-hybridized carbons (Fsp3) is 0.409. The Kier molecular flexibility index (Phi) is 6.52. The number of anilines is 2. The summed E-state index contributed by atoms with van der Waals surface area (Å²) in [6, 6.07) is 3.62. The van der Waals surface area contributed by atoms with Gasteiger partial charge in [0.1, 0.15) is 28.0 Å². The molecule has 4 rings (SSSR count). The maximum atomic E-state index is 14.1. The van der Waals surface area contributed by atoms with E-state index in [1.807, 2.05) is 7.05 Å². The van der Waals surface area contributed by atoms with Gasteiger partial charge in [-0.15, -0.1) is 11.3 Å². The Labute approximate surface area is 189 Å². The standard InChI is InChI=1S/C22H25F2N5O2S/c1-13-11-29(9-5-8-18(13)31-3)22-16(10-25-28(22)2)26-20(30)17-12-32-21(27-17)19-14(23)6-4-7-15(19)24/h4,6-7,10,12-13,18H,5,8-9,11H2,1-3H3,(H,26,30). The van der Waals surface area contributed by atoms with Crippen molar-refractivity contribution < 1.29 is 18.3 Å². The van der Waals surface area contributed by atoms with Crippen LogP contribution in [0.4, 0.5) is 20.3 Å². The molecule has 0 radical (unpaired) electrons. The summed E-state index contributed by atoms with van der Waals surface area (Å²) in [5.41, 5.74) is 0.420. The van der Waals surface area contributed by atoms with Gasteiger partial charge in [-0.05, 0) is 30.9 Å². The first-order chi connectivity index (χ1) is 15.4. The summed E-state index contributed by atoms with van der Waals surface area (Å²) >= 11 is 1.02. The first kappa shape index (κ1) is 22.3. The highest BCUT2D eigenvalue weighted by Crippen LogP contribution is 2.32. The van der Waals surface area contributed by atoms with Crippen molar-refractivity contribution in [2.45, 2.75) is 25.9 Å².